The minimum Gasteiger partial charge on any atom is -0.514 e. The van der Waals surface area contributed by atoms with Crippen LogP contribution in [0.3, 0.4) is 0 Å². The van der Waals surface area contributed by atoms with E-state index in [1.54, 1.807) is 31.1 Å². The third-order valence-corrected chi connectivity index (χ3v) is 24.0. The molecule has 0 unspecified atom stereocenters. The summed E-state index contributed by atoms with van der Waals surface area (Å²) >= 11 is 0. The van der Waals surface area contributed by atoms with Gasteiger partial charge in [0, 0.05) is 175 Å². The van der Waals surface area contributed by atoms with Crippen LogP contribution in [0.2, 0.25) is 0 Å². The standard InChI is InChI=1S/3C25H16N2O.C17H12N4.2C12H10N4.3Ir/c3*1-2-9-18(10-3-1)26-17-27(22-14-6-5-13-21(22)26)23-15-8-12-20-19-11-4-7-16-24(19)28-25(20)23;1-3-7-14(8-4-1)20-13-21(15-9-5-2-6-10-15)17-16(20)18-11-12-19-17;1-15-9-16(10-5-3-2-4-6-10)11-7-13-8-14-12(11)15;1-15-9-16(10-5-3-2-4-6-10)12-11(15)13-7-8-14-12;;;/h3*1-14,16-17H;1-9,11-13H;2*2-5,7-9H,1H3;;;/q6*-2;;;. The zero-order chi connectivity index (χ0) is 91.5. The van der Waals surface area contributed by atoms with Gasteiger partial charge in [-0.2, -0.15) is 152 Å². The molecule has 16 aromatic carbocycles. The molecular formula is C116H80Ir3N18O3-12. The van der Waals surface area contributed by atoms with Crippen molar-refractivity contribution >= 4 is 192 Å². The predicted octanol–water partition coefficient (Wildman–Crippen LogP) is 28.0. The second-order valence-electron chi connectivity index (χ2n) is 32.3. The smallest absolute Gasteiger partial charge is 0.145 e. The average molecular weight is 2350 g/mol. The van der Waals surface area contributed by atoms with Gasteiger partial charge in [0.05, 0.1) is 11.9 Å². The molecular weight excluding hydrogens is 2270 g/mol. The summed E-state index contributed by atoms with van der Waals surface area (Å²) in [4.78, 5) is 50.9. The van der Waals surface area contributed by atoms with Gasteiger partial charge >= 0.3 is 0 Å². The first-order valence-electron chi connectivity index (χ1n) is 44.6. The Bertz CT molecular complexity index is 7400. The van der Waals surface area contributed by atoms with Gasteiger partial charge in [0.2, 0.25) is 0 Å². The number of anilines is 22. The van der Waals surface area contributed by atoms with Crippen molar-refractivity contribution in [2.24, 2.45) is 0 Å². The summed E-state index contributed by atoms with van der Waals surface area (Å²) in [5.74, 6) is 4.24. The number of rotatable bonds is 10. The molecule has 3 radical (unpaired) electrons. The van der Waals surface area contributed by atoms with Crippen molar-refractivity contribution in [3.8, 4) is 0 Å². The summed E-state index contributed by atoms with van der Waals surface area (Å²) in [5.41, 5.74) is 23.0. The number of fused-ring (bicyclic) bond motifs is 15. The molecule has 140 heavy (non-hydrogen) atoms. The Labute approximate surface area is 851 Å². The number of hydrogen-bond acceptors (Lipinski definition) is 21. The van der Waals surface area contributed by atoms with Crippen LogP contribution in [0, 0.1) is 76.4 Å². The number of para-hydroxylation sites is 16. The van der Waals surface area contributed by atoms with Crippen molar-refractivity contribution in [1.29, 1.82) is 0 Å². The Hall–Kier alpha value is -16.3. The summed E-state index contributed by atoms with van der Waals surface area (Å²) in [5, 5.41) is 6.69. The molecule has 0 spiro atoms. The monoisotopic (exact) mass is 2350 g/mol. The molecule has 0 N–H and O–H groups in total. The van der Waals surface area contributed by atoms with Crippen LogP contribution in [0.4, 0.5) is 126 Å². The predicted molar refractivity (Wildman–Crippen MR) is 549 cm³/mol. The van der Waals surface area contributed by atoms with E-state index in [1.165, 1.54) is 0 Å². The zero-order valence-corrected chi connectivity index (χ0v) is 82.2. The van der Waals surface area contributed by atoms with Crippen LogP contribution < -0.4 is 58.8 Å². The van der Waals surface area contributed by atoms with Crippen LogP contribution in [0.1, 0.15) is 0 Å². The van der Waals surface area contributed by atoms with Crippen molar-refractivity contribution in [2.45, 2.75) is 0 Å². The molecule has 0 saturated carbocycles. The first kappa shape index (κ1) is 91.5. The molecule has 0 saturated heterocycles. The maximum absolute atomic E-state index is 6.24. The first-order valence-corrected chi connectivity index (χ1v) is 44.6. The van der Waals surface area contributed by atoms with Gasteiger partial charge in [-0.25, -0.2) is 29.9 Å². The zero-order valence-electron chi connectivity index (χ0n) is 75.0. The van der Waals surface area contributed by atoms with Crippen LogP contribution >= 0.6 is 0 Å². The largest absolute Gasteiger partial charge is 0.514 e. The molecule has 691 valence electrons. The Morgan fingerprint density at radius 1 is 0.221 bits per heavy atom. The van der Waals surface area contributed by atoms with Gasteiger partial charge in [-0.1, -0.05) is 197 Å². The van der Waals surface area contributed by atoms with Crippen molar-refractivity contribution in [2.75, 3.05) is 72.9 Å². The number of aromatic nitrogens is 6. The van der Waals surface area contributed by atoms with Gasteiger partial charge in [-0.3, -0.25) is 0 Å². The number of furan rings is 3. The molecule has 0 fully saturated rings. The molecule has 6 aliphatic heterocycles. The molecule has 0 aliphatic carbocycles. The Morgan fingerprint density at radius 3 is 0.879 bits per heavy atom. The summed E-state index contributed by atoms with van der Waals surface area (Å²) < 4.78 is 18.7. The SMILES string of the molecule is CN1[CH-]N(c2[c-]cccc2)c2cncnc21.CN1[CH-]N(c2[c-]cccc2)c2nccnc21.[Ir].[Ir].[Ir].[c-]1ccc2c(oc3ccccc32)c1N1[CH-]N(c2ccccc2)c2ccccc21.[c-]1ccc2c(oc3ccccc32)c1N1[CH-]N(c2ccccc2)c2ccccc21.[c-]1ccc2c(oc3ccccc32)c1N1[CH-]N(c2ccccc2)c2ccccc21.[c-]1ccccc1N1[CH-]N(c2ccccc2)c2nccnc21. The number of hydrogen-bond donors (Lipinski definition) is 0. The fourth-order valence-electron chi connectivity index (χ4n) is 17.7. The van der Waals surface area contributed by atoms with Crippen molar-refractivity contribution in [1.82, 2.24) is 29.9 Å². The second kappa shape index (κ2) is 40.9. The van der Waals surface area contributed by atoms with Crippen LogP contribution in [0.25, 0.3) is 65.8 Å². The van der Waals surface area contributed by atoms with Gasteiger partial charge < -0.3 is 72.1 Å². The Morgan fingerprint density at radius 2 is 0.507 bits per heavy atom. The number of nitrogens with zero attached hydrogens (tertiary/aromatic N) is 18. The van der Waals surface area contributed by atoms with Crippen molar-refractivity contribution in [3.63, 3.8) is 0 Å². The van der Waals surface area contributed by atoms with Crippen LogP contribution in [0.5, 0.6) is 0 Å². The fraction of sp³-hybridized carbons (Fsp3) is 0.0172. The van der Waals surface area contributed by atoms with E-state index in [0.717, 1.165) is 192 Å². The molecule has 12 heterocycles. The fourth-order valence-corrected chi connectivity index (χ4v) is 17.7. The van der Waals surface area contributed by atoms with Gasteiger partial charge in [0.15, 0.2) is 0 Å². The molecule has 28 rings (SSSR count). The minimum absolute atomic E-state index is 0. The summed E-state index contributed by atoms with van der Waals surface area (Å²) in [7, 11) is 3.92. The van der Waals surface area contributed by atoms with E-state index < -0.39 is 0 Å². The third-order valence-electron chi connectivity index (χ3n) is 24.0. The van der Waals surface area contributed by atoms with E-state index in [4.69, 9.17) is 13.3 Å². The van der Waals surface area contributed by atoms with Crippen molar-refractivity contribution < 1.29 is 73.6 Å². The second-order valence-corrected chi connectivity index (χ2v) is 32.3. The van der Waals surface area contributed by atoms with Gasteiger partial charge in [-0.15, -0.1) is 50.4 Å². The van der Waals surface area contributed by atoms with Crippen LogP contribution in [0.15, 0.2) is 427 Å². The normalized spacial score (nSPS) is 13.3. The molecule has 0 atom stereocenters. The molecule has 24 heteroatoms. The van der Waals surface area contributed by atoms with E-state index >= 15 is 0 Å². The first-order chi connectivity index (χ1) is 67.8. The Balaban J connectivity index is 0.000000104. The molecule has 6 aromatic heterocycles. The maximum atomic E-state index is 6.24. The summed E-state index contributed by atoms with van der Waals surface area (Å²) in [6.07, 6.45) is 10.2. The van der Waals surface area contributed by atoms with E-state index in [2.05, 4.69) is 298 Å². The van der Waals surface area contributed by atoms with E-state index in [9.17, 15) is 0 Å². The van der Waals surface area contributed by atoms with Crippen LogP contribution in [-0.2, 0) is 60.3 Å². The molecule has 0 amide bonds. The minimum atomic E-state index is 0. The quantitative estimate of drug-likeness (QED) is 0.119. The number of benzene rings is 16. The van der Waals surface area contributed by atoms with Gasteiger partial charge in [0.1, 0.15) is 52.2 Å². The van der Waals surface area contributed by atoms with Gasteiger partial charge in [-0.05, 0) is 117 Å². The molecule has 21 nitrogen and oxygen atoms in total. The van der Waals surface area contributed by atoms with E-state index in [1.807, 2.05) is 264 Å². The Kier molecular flexibility index (Phi) is 26.7. The van der Waals surface area contributed by atoms with E-state index in [-0.39, 0.29) is 60.3 Å². The van der Waals surface area contributed by atoms with E-state index in [0.29, 0.717) is 0 Å². The third kappa shape index (κ3) is 17.7. The summed E-state index contributed by atoms with van der Waals surface area (Å²) in [6, 6.07) is 146. The molecule has 22 aromatic rings. The summed E-state index contributed by atoms with van der Waals surface area (Å²) in [6.45, 7) is 12.3. The molecule has 6 aliphatic rings. The van der Waals surface area contributed by atoms with Crippen LogP contribution in [-0.4, -0.2) is 44.0 Å². The van der Waals surface area contributed by atoms with Crippen molar-refractivity contribution in [3.05, 3.63) is 490 Å². The van der Waals surface area contributed by atoms with Gasteiger partial charge in [0.25, 0.3) is 0 Å². The topological polar surface area (TPSA) is 156 Å². The maximum Gasteiger partial charge on any atom is 0.145 e. The average Bonchev–Trinajstić information content (AvgIpc) is 1.59. The molecule has 0 bridgehead atoms.